The summed E-state index contributed by atoms with van der Waals surface area (Å²) in [7, 11) is 2.12. The number of benzene rings is 4. The average molecular weight is 508 g/mol. The van der Waals surface area contributed by atoms with Crippen molar-refractivity contribution in [1.29, 1.82) is 0 Å². The van der Waals surface area contributed by atoms with Crippen molar-refractivity contribution in [3.8, 4) is 0 Å². The second-order valence-electron chi connectivity index (χ2n) is 8.43. The molecule has 0 saturated carbocycles. The van der Waals surface area contributed by atoms with E-state index < -0.39 is 0 Å². The molecule has 3 heteroatoms. The van der Waals surface area contributed by atoms with E-state index in [0.29, 0.717) is 0 Å². The Morgan fingerprint density at radius 2 is 1.13 bits per heavy atom. The number of aryl methyl sites for hydroxylation is 1. The van der Waals surface area contributed by atoms with Gasteiger partial charge in [-0.2, -0.15) is 5.10 Å². The highest BCUT2D eigenvalue weighted by Crippen LogP contribution is 2.29. The SMILES string of the molecule is CC.CC.CCCCC.Cn1c2ccccc2c2cc(C=NN(c3ccccc3)c3ccccc3)ccc21. The van der Waals surface area contributed by atoms with Crippen LogP contribution in [0.1, 0.15) is 66.4 Å². The van der Waals surface area contributed by atoms with Crippen LogP contribution < -0.4 is 5.01 Å². The number of nitrogens with zero attached hydrogens (tertiary/aromatic N) is 3. The minimum Gasteiger partial charge on any atom is -0.344 e. The third-order valence-electron chi connectivity index (χ3n) is 5.97. The summed E-state index contributed by atoms with van der Waals surface area (Å²) in [4.78, 5) is 0. The summed E-state index contributed by atoms with van der Waals surface area (Å²) in [6.07, 6.45) is 6.01. The molecule has 0 amide bonds. The average Bonchev–Trinajstić information content (AvgIpc) is 3.28. The van der Waals surface area contributed by atoms with Gasteiger partial charge in [0.15, 0.2) is 0 Å². The van der Waals surface area contributed by atoms with E-state index in [0.717, 1.165) is 16.9 Å². The predicted octanol–water partition coefficient (Wildman–Crippen LogP) is 10.8. The molecular weight excluding hydrogens is 462 g/mol. The molecule has 0 unspecified atom stereocenters. The van der Waals surface area contributed by atoms with E-state index in [1.54, 1.807) is 0 Å². The highest BCUT2D eigenvalue weighted by atomic mass is 15.5. The molecule has 0 spiro atoms. The van der Waals surface area contributed by atoms with E-state index in [1.807, 2.05) is 75.3 Å². The van der Waals surface area contributed by atoms with Gasteiger partial charge in [-0.15, -0.1) is 0 Å². The Labute approximate surface area is 230 Å². The summed E-state index contributed by atoms with van der Waals surface area (Å²) >= 11 is 0. The normalized spacial score (nSPS) is 10.2. The van der Waals surface area contributed by atoms with Crippen LogP contribution in [-0.4, -0.2) is 10.8 Å². The van der Waals surface area contributed by atoms with Crippen LogP contribution in [-0.2, 0) is 7.05 Å². The van der Waals surface area contributed by atoms with Crippen molar-refractivity contribution in [3.05, 3.63) is 109 Å². The first-order chi connectivity index (χ1) is 18.7. The van der Waals surface area contributed by atoms with E-state index in [2.05, 4.69) is 92.2 Å². The Morgan fingerprint density at radius 1 is 0.632 bits per heavy atom. The summed E-state index contributed by atoms with van der Waals surface area (Å²) in [5, 5.41) is 9.31. The summed E-state index contributed by atoms with van der Waals surface area (Å²) in [6, 6.07) is 35.5. The smallest absolute Gasteiger partial charge is 0.0652 e. The quantitative estimate of drug-likeness (QED) is 0.165. The first-order valence-corrected chi connectivity index (χ1v) is 14.1. The largest absolute Gasteiger partial charge is 0.344 e. The number of hydrazone groups is 1. The Balaban J connectivity index is 0.000000500. The standard InChI is InChI=1S/C26H21N3.C5H12.2C2H6/c1-28-25-15-9-8-14-23(25)24-18-20(16-17-26(24)28)19-27-29(21-10-4-2-5-11-21)22-12-6-3-7-13-22;1-3-5-4-2;2*1-2/h2-19H,1H3;3-5H2,1-2H3;2*1-2H3. The topological polar surface area (TPSA) is 20.5 Å². The Kier molecular flexibility index (Phi) is 13.4. The molecule has 5 aromatic rings. The number of fused-ring (bicyclic) bond motifs is 3. The molecule has 0 bridgehead atoms. The molecule has 0 atom stereocenters. The van der Waals surface area contributed by atoms with Gasteiger partial charge >= 0.3 is 0 Å². The fourth-order valence-electron chi connectivity index (χ4n) is 4.16. The Morgan fingerprint density at radius 3 is 1.66 bits per heavy atom. The van der Waals surface area contributed by atoms with Crippen LogP contribution >= 0.6 is 0 Å². The molecule has 0 radical (unpaired) electrons. The van der Waals surface area contributed by atoms with Crippen molar-refractivity contribution in [1.82, 2.24) is 4.57 Å². The molecule has 1 heterocycles. The third kappa shape index (κ3) is 7.82. The van der Waals surface area contributed by atoms with Gasteiger partial charge in [0.2, 0.25) is 0 Å². The van der Waals surface area contributed by atoms with Crippen LogP contribution in [0.5, 0.6) is 0 Å². The van der Waals surface area contributed by atoms with Crippen molar-refractivity contribution in [2.45, 2.75) is 60.8 Å². The maximum absolute atomic E-state index is 4.83. The van der Waals surface area contributed by atoms with Crippen LogP contribution in [0.3, 0.4) is 0 Å². The zero-order valence-electron chi connectivity index (χ0n) is 24.4. The van der Waals surface area contributed by atoms with Crippen LogP contribution in [0.15, 0.2) is 108 Å². The number of unbranched alkanes of at least 4 members (excludes halogenated alkanes) is 2. The van der Waals surface area contributed by atoms with Gasteiger partial charge in [0, 0.05) is 28.9 Å². The molecule has 0 saturated heterocycles. The molecule has 0 aliphatic rings. The molecule has 4 aromatic carbocycles. The minimum atomic E-state index is 1.03. The fourth-order valence-corrected chi connectivity index (χ4v) is 4.16. The maximum atomic E-state index is 4.83. The van der Waals surface area contributed by atoms with E-state index in [4.69, 9.17) is 5.10 Å². The van der Waals surface area contributed by atoms with Crippen LogP contribution in [0.2, 0.25) is 0 Å². The zero-order valence-corrected chi connectivity index (χ0v) is 24.4. The molecule has 1 aromatic heterocycles. The van der Waals surface area contributed by atoms with Crippen LogP contribution in [0.4, 0.5) is 11.4 Å². The van der Waals surface area contributed by atoms with Gasteiger partial charge in [0.05, 0.1) is 17.6 Å². The van der Waals surface area contributed by atoms with E-state index >= 15 is 0 Å². The van der Waals surface area contributed by atoms with Gasteiger partial charge in [-0.1, -0.05) is 121 Å². The van der Waals surface area contributed by atoms with Gasteiger partial charge < -0.3 is 4.57 Å². The number of para-hydroxylation sites is 3. The second kappa shape index (κ2) is 16.8. The molecule has 0 aliphatic heterocycles. The highest BCUT2D eigenvalue weighted by molar-refractivity contribution is 6.09. The van der Waals surface area contributed by atoms with Crippen LogP contribution in [0.25, 0.3) is 21.8 Å². The number of hydrogen-bond donors (Lipinski definition) is 0. The van der Waals surface area contributed by atoms with Crippen molar-refractivity contribution >= 4 is 39.4 Å². The molecule has 5 rings (SSSR count). The number of hydrogen-bond acceptors (Lipinski definition) is 2. The van der Waals surface area contributed by atoms with Crippen molar-refractivity contribution in [2.75, 3.05) is 5.01 Å². The first kappa shape index (κ1) is 30.4. The number of rotatable bonds is 6. The maximum Gasteiger partial charge on any atom is 0.0652 e. The zero-order chi connectivity index (χ0) is 27.8. The van der Waals surface area contributed by atoms with Crippen molar-refractivity contribution in [3.63, 3.8) is 0 Å². The molecule has 0 aliphatic carbocycles. The summed E-state index contributed by atoms with van der Waals surface area (Å²) in [6.45, 7) is 12.4. The highest BCUT2D eigenvalue weighted by Gasteiger charge is 2.09. The Hall–Kier alpha value is -3.85. The number of aromatic nitrogens is 1. The second-order valence-corrected chi connectivity index (χ2v) is 8.43. The molecule has 38 heavy (non-hydrogen) atoms. The minimum absolute atomic E-state index is 1.03. The first-order valence-electron chi connectivity index (χ1n) is 14.1. The lowest BCUT2D eigenvalue weighted by molar-refractivity contribution is 0.772. The fraction of sp³-hybridized carbons (Fsp3) is 0.286. The van der Waals surface area contributed by atoms with Gasteiger partial charge in [0.25, 0.3) is 0 Å². The monoisotopic (exact) mass is 507 g/mol. The molecule has 200 valence electrons. The Bertz CT molecular complexity index is 1310. The van der Waals surface area contributed by atoms with E-state index in [-0.39, 0.29) is 0 Å². The molecule has 0 N–H and O–H groups in total. The lowest BCUT2D eigenvalue weighted by Gasteiger charge is -2.19. The number of anilines is 2. The lowest BCUT2D eigenvalue weighted by Crippen LogP contribution is -2.09. The third-order valence-corrected chi connectivity index (χ3v) is 5.97. The predicted molar refractivity (Wildman–Crippen MR) is 171 cm³/mol. The van der Waals surface area contributed by atoms with Crippen molar-refractivity contribution < 1.29 is 0 Å². The van der Waals surface area contributed by atoms with Crippen molar-refractivity contribution in [2.24, 2.45) is 12.1 Å². The van der Waals surface area contributed by atoms with Gasteiger partial charge in [-0.25, -0.2) is 5.01 Å². The molecule has 0 fully saturated rings. The van der Waals surface area contributed by atoms with Gasteiger partial charge in [-0.3, -0.25) is 0 Å². The van der Waals surface area contributed by atoms with E-state index in [1.165, 1.54) is 41.1 Å². The molecular formula is C35H45N3. The lowest BCUT2D eigenvalue weighted by atomic mass is 10.1. The summed E-state index contributed by atoms with van der Waals surface area (Å²) in [5.74, 6) is 0. The van der Waals surface area contributed by atoms with E-state index in [9.17, 15) is 0 Å². The van der Waals surface area contributed by atoms with Crippen LogP contribution in [0, 0.1) is 0 Å². The summed E-state index contributed by atoms with van der Waals surface area (Å²) in [5.41, 5.74) is 5.60. The molecule has 3 nitrogen and oxygen atoms in total. The summed E-state index contributed by atoms with van der Waals surface area (Å²) < 4.78 is 2.24. The van der Waals surface area contributed by atoms with Gasteiger partial charge in [-0.05, 0) is 48.0 Å². The van der Waals surface area contributed by atoms with Gasteiger partial charge in [0.1, 0.15) is 0 Å².